The van der Waals surface area contributed by atoms with Gasteiger partial charge in [-0.25, -0.2) is 18.6 Å². The minimum Gasteiger partial charge on any atom is -0.345 e. The number of ketones is 1. The fraction of sp³-hybridized carbons (Fsp3) is 0.0455. The van der Waals surface area contributed by atoms with Gasteiger partial charge in [0.15, 0.2) is 5.82 Å². The first kappa shape index (κ1) is 21.9. The summed E-state index contributed by atoms with van der Waals surface area (Å²) < 4.78 is 67.3. The number of aromatic nitrogens is 2. The number of halogens is 5. The largest absolute Gasteiger partial charge is 0.416 e. The molecule has 2 aromatic carbocycles. The molecule has 33 heavy (non-hydrogen) atoms. The number of carbonyl (C=O) groups excluding carboxylic acids is 2. The number of urea groups is 1. The first-order valence-corrected chi connectivity index (χ1v) is 9.35. The van der Waals surface area contributed by atoms with Crippen LogP contribution in [-0.4, -0.2) is 21.8 Å². The SMILES string of the molecule is O=C(Nc1ccc(C(F)(F)F)cc1)Nc1ccc(F)c(C(=O)c2c[nH]c3ncccc23)c1F. The number of pyridine rings is 1. The van der Waals surface area contributed by atoms with Crippen molar-refractivity contribution >= 4 is 34.2 Å². The van der Waals surface area contributed by atoms with Crippen molar-refractivity contribution in [2.24, 2.45) is 0 Å². The Morgan fingerprint density at radius 2 is 1.67 bits per heavy atom. The van der Waals surface area contributed by atoms with Gasteiger partial charge in [0.1, 0.15) is 11.5 Å². The number of aromatic amines is 1. The van der Waals surface area contributed by atoms with Crippen LogP contribution in [0.5, 0.6) is 0 Å². The Labute approximate surface area is 182 Å². The lowest BCUT2D eigenvalue weighted by Crippen LogP contribution is -2.21. The summed E-state index contributed by atoms with van der Waals surface area (Å²) in [4.78, 5) is 31.8. The Morgan fingerprint density at radius 1 is 0.939 bits per heavy atom. The van der Waals surface area contributed by atoms with Crippen LogP contribution in [0.1, 0.15) is 21.5 Å². The van der Waals surface area contributed by atoms with E-state index >= 15 is 4.39 Å². The Kier molecular flexibility index (Phi) is 5.54. The maximum atomic E-state index is 15.0. The molecule has 0 unspecified atom stereocenters. The molecule has 6 nitrogen and oxygen atoms in total. The van der Waals surface area contributed by atoms with E-state index in [0.717, 1.165) is 36.4 Å². The second-order valence-corrected chi connectivity index (χ2v) is 6.87. The third kappa shape index (κ3) is 4.38. The molecule has 0 bridgehead atoms. The third-order valence-electron chi connectivity index (χ3n) is 4.73. The van der Waals surface area contributed by atoms with Gasteiger partial charge in [-0.1, -0.05) is 0 Å². The van der Waals surface area contributed by atoms with Crippen LogP contribution in [0.4, 0.5) is 38.1 Å². The van der Waals surface area contributed by atoms with Gasteiger partial charge in [0.2, 0.25) is 5.78 Å². The Morgan fingerprint density at radius 3 is 2.36 bits per heavy atom. The molecule has 4 aromatic rings. The molecule has 0 fully saturated rings. The number of H-pyrrole nitrogens is 1. The van der Waals surface area contributed by atoms with E-state index in [1.807, 2.05) is 0 Å². The summed E-state index contributed by atoms with van der Waals surface area (Å²) in [6.45, 7) is 0. The van der Waals surface area contributed by atoms with E-state index in [0.29, 0.717) is 11.0 Å². The molecular formula is C22H13F5N4O2. The molecular weight excluding hydrogens is 447 g/mol. The highest BCUT2D eigenvalue weighted by Gasteiger charge is 2.30. The molecule has 11 heteroatoms. The van der Waals surface area contributed by atoms with Gasteiger partial charge < -0.3 is 15.6 Å². The number of hydrogen-bond acceptors (Lipinski definition) is 3. The van der Waals surface area contributed by atoms with Crippen molar-refractivity contribution in [3.8, 4) is 0 Å². The van der Waals surface area contributed by atoms with Gasteiger partial charge >= 0.3 is 12.2 Å². The summed E-state index contributed by atoms with van der Waals surface area (Å²) in [6, 6.07) is 7.41. The van der Waals surface area contributed by atoms with E-state index in [4.69, 9.17) is 0 Å². The zero-order valence-corrected chi connectivity index (χ0v) is 16.4. The second kappa shape index (κ2) is 8.34. The van der Waals surface area contributed by atoms with Gasteiger partial charge in [0.05, 0.1) is 16.8 Å². The van der Waals surface area contributed by atoms with Crippen LogP contribution in [0.3, 0.4) is 0 Å². The number of alkyl halides is 3. The molecule has 168 valence electrons. The summed E-state index contributed by atoms with van der Waals surface area (Å²) >= 11 is 0. The molecule has 2 aromatic heterocycles. The van der Waals surface area contributed by atoms with Crippen molar-refractivity contribution in [3.05, 3.63) is 89.2 Å². The summed E-state index contributed by atoms with van der Waals surface area (Å²) in [5.74, 6) is -3.40. The van der Waals surface area contributed by atoms with E-state index < -0.39 is 46.4 Å². The molecule has 0 atom stereocenters. The molecule has 0 aliphatic rings. The van der Waals surface area contributed by atoms with E-state index in [2.05, 4.69) is 20.6 Å². The van der Waals surface area contributed by atoms with Gasteiger partial charge in [-0.05, 0) is 48.5 Å². The van der Waals surface area contributed by atoms with Crippen LogP contribution < -0.4 is 10.6 Å². The lowest BCUT2D eigenvalue weighted by atomic mass is 10.0. The number of fused-ring (bicyclic) bond motifs is 1. The van der Waals surface area contributed by atoms with Crippen molar-refractivity contribution in [1.82, 2.24) is 9.97 Å². The minimum absolute atomic E-state index is 0.00520. The first-order chi connectivity index (χ1) is 15.6. The van der Waals surface area contributed by atoms with Gasteiger partial charge in [-0.15, -0.1) is 0 Å². The average Bonchev–Trinajstić information content (AvgIpc) is 3.20. The number of benzene rings is 2. The normalized spacial score (nSPS) is 11.4. The topological polar surface area (TPSA) is 86.9 Å². The number of anilines is 2. The molecule has 3 N–H and O–H groups in total. The van der Waals surface area contributed by atoms with E-state index in [1.165, 1.54) is 12.4 Å². The molecule has 0 saturated carbocycles. The zero-order valence-electron chi connectivity index (χ0n) is 16.4. The van der Waals surface area contributed by atoms with Crippen LogP contribution in [0.2, 0.25) is 0 Å². The van der Waals surface area contributed by atoms with Crippen molar-refractivity contribution in [2.45, 2.75) is 6.18 Å². The van der Waals surface area contributed by atoms with Gasteiger partial charge in [0.25, 0.3) is 0 Å². The van der Waals surface area contributed by atoms with Crippen LogP contribution in [0.15, 0.2) is 60.9 Å². The fourth-order valence-electron chi connectivity index (χ4n) is 3.16. The molecule has 2 amide bonds. The van der Waals surface area contributed by atoms with Crippen molar-refractivity contribution in [2.75, 3.05) is 10.6 Å². The average molecular weight is 460 g/mol. The maximum Gasteiger partial charge on any atom is 0.416 e. The minimum atomic E-state index is -4.54. The number of nitrogens with one attached hydrogen (secondary N) is 3. The predicted octanol–water partition coefficient (Wildman–Crippen LogP) is 5.73. The number of amides is 2. The first-order valence-electron chi connectivity index (χ1n) is 9.35. The molecule has 0 radical (unpaired) electrons. The zero-order chi connectivity index (χ0) is 23.8. The molecule has 2 heterocycles. The maximum absolute atomic E-state index is 15.0. The smallest absolute Gasteiger partial charge is 0.345 e. The molecule has 0 spiro atoms. The van der Waals surface area contributed by atoms with E-state index in [9.17, 15) is 27.2 Å². The highest BCUT2D eigenvalue weighted by atomic mass is 19.4. The third-order valence-corrected chi connectivity index (χ3v) is 4.73. The van der Waals surface area contributed by atoms with E-state index in [1.54, 1.807) is 12.1 Å². The van der Waals surface area contributed by atoms with Gasteiger partial charge in [-0.3, -0.25) is 4.79 Å². The monoisotopic (exact) mass is 460 g/mol. The summed E-state index contributed by atoms with van der Waals surface area (Å²) in [6.07, 6.45) is -1.79. The van der Waals surface area contributed by atoms with Crippen molar-refractivity contribution in [1.29, 1.82) is 0 Å². The molecule has 4 rings (SSSR count). The van der Waals surface area contributed by atoms with E-state index in [-0.39, 0.29) is 11.3 Å². The van der Waals surface area contributed by atoms with Gasteiger partial charge in [0, 0.05) is 29.0 Å². The quantitative estimate of drug-likeness (QED) is 0.268. The molecule has 0 aliphatic heterocycles. The van der Waals surface area contributed by atoms with Crippen LogP contribution >= 0.6 is 0 Å². The van der Waals surface area contributed by atoms with Gasteiger partial charge in [-0.2, -0.15) is 13.2 Å². The number of hydrogen-bond donors (Lipinski definition) is 3. The van der Waals surface area contributed by atoms with Crippen LogP contribution in [0, 0.1) is 11.6 Å². The summed E-state index contributed by atoms with van der Waals surface area (Å²) in [5, 5.41) is 4.72. The van der Waals surface area contributed by atoms with Crippen molar-refractivity contribution < 1.29 is 31.5 Å². The highest BCUT2D eigenvalue weighted by molar-refractivity contribution is 6.16. The predicted molar refractivity (Wildman–Crippen MR) is 110 cm³/mol. The Balaban J connectivity index is 1.57. The van der Waals surface area contributed by atoms with Crippen LogP contribution in [0.25, 0.3) is 11.0 Å². The lowest BCUT2D eigenvalue weighted by Gasteiger charge is -2.12. The molecule has 0 aliphatic carbocycles. The summed E-state index contributed by atoms with van der Waals surface area (Å²) in [7, 11) is 0. The number of rotatable bonds is 4. The second-order valence-electron chi connectivity index (χ2n) is 6.87. The van der Waals surface area contributed by atoms with Crippen LogP contribution in [-0.2, 0) is 6.18 Å². The standard InChI is InChI=1S/C22H13F5N4O2/c23-15-7-8-16(31-21(33)30-12-5-3-11(4-6-12)22(25,26)27)18(24)17(15)19(32)14-10-29-20-13(14)2-1-9-28-20/h1-10H,(H,28,29)(H2,30,31,33). The fourth-order valence-corrected chi connectivity index (χ4v) is 3.16. The Hall–Kier alpha value is -4.28. The number of carbonyl (C=O) groups is 2. The molecule has 0 saturated heterocycles. The highest BCUT2D eigenvalue weighted by Crippen LogP contribution is 2.30. The van der Waals surface area contributed by atoms with Crippen molar-refractivity contribution in [3.63, 3.8) is 0 Å². The lowest BCUT2D eigenvalue weighted by molar-refractivity contribution is -0.137. The summed E-state index contributed by atoms with van der Waals surface area (Å²) in [5.41, 5.74) is -1.94. The Bertz CT molecular complexity index is 1360. The number of nitrogens with zero attached hydrogens (tertiary/aromatic N) is 1.